The summed E-state index contributed by atoms with van der Waals surface area (Å²) in [5.41, 5.74) is -3.06. The molecule has 5 aliphatic carbocycles. The minimum atomic E-state index is -1.17. The summed E-state index contributed by atoms with van der Waals surface area (Å²) in [6.45, 7) is 10.8. The van der Waals surface area contributed by atoms with Gasteiger partial charge in [-0.3, -0.25) is 19.2 Å². The van der Waals surface area contributed by atoms with Crippen molar-refractivity contribution in [3.05, 3.63) is 59.8 Å². The number of carboxylic acids is 1. The second-order valence-corrected chi connectivity index (χ2v) is 18.5. The highest BCUT2D eigenvalue weighted by molar-refractivity contribution is 6.06. The van der Waals surface area contributed by atoms with Gasteiger partial charge in [-0.25, -0.2) is 0 Å². The quantitative estimate of drug-likeness (QED) is 0.0772. The molecule has 9 atom stereocenters. The molecule has 1 aliphatic heterocycles. The summed E-state index contributed by atoms with van der Waals surface area (Å²) >= 11 is 0. The molecule has 0 bridgehead atoms. The SMILES string of the molecule is CC(=O)OC1CC2(C)C(c3ccoc3)CC3OC32C2(C)C(=O)C(O)=C3C(C)(C)C(=O)C=CC3(C)C12.O=C(O)CCCCCCCCCCCCC1C=CCC1. The van der Waals surface area contributed by atoms with Crippen LogP contribution in [0.2, 0.25) is 0 Å². The summed E-state index contributed by atoms with van der Waals surface area (Å²) in [7, 11) is 0. The van der Waals surface area contributed by atoms with Crippen LogP contribution in [0.5, 0.6) is 0 Å². The van der Waals surface area contributed by atoms with Gasteiger partial charge in [-0.15, -0.1) is 0 Å². The first-order chi connectivity index (χ1) is 26.1. The minimum Gasteiger partial charge on any atom is -0.504 e. The fraction of sp³-hybridized carbons (Fsp3) is 0.696. The highest BCUT2D eigenvalue weighted by atomic mass is 16.6. The van der Waals surface area contributed by atoms with Crippen LogP contribution in [0.4, 0.5) is 0 Å². The van der Waals surface area contributed by atoms with E-state index in [0.29, 0.717) is 24.8 Å². The third kappa shape index (κ3) is 7.10. The lowest BCUT2D eigenvalue weighted by atomic mass is 9.38. The molecule has 0 aromatic carbocycles. The molecule has 1 aromatic rings. The highest BCUT2D eigenvalue weighted by Gasteiger charge is 2.89. The zero-order chi connectivity index (χ0) is 39.8. The van der Waals surface area contributed by atoms with Gasteiger partial charge in [0.1, 0.15) is 11.7 Å². The standard InChI is InChI=1S/C28H32O7.C18H32O2/c1-14(29)34-17-12-26(5)16(15-8-10-33-13-15)11-19-28(26,35-19)27(6)21(17)25(4)9-7-18(30)24(2,3)22(25)20(31)23(27)32;19-18(20)16-10-8-6-4-2-1-3-5-7-9-13-17-14-11-12-15-17/h7-10,13,16-17,19,21,31H,11-12H2,1-6H3;11,14,17H,1-10,12-13,15-16H2,(H,19,20). The van der Waals surface area contributed by atoms with E-state index >= 15 is 0 Å². The number of Topliss-reactive ketones (excluding diaryl/α,β-unsaturated/α-hetero) is 1. The van der Waals surface area contributed by atoms with E-state index in [1.165, 1.54) is 77.6 Å². The monoisotopic (exact) mass is 760 g/mol. The highest BCUT2D eigenvalue weighted by Crippen LogP contribution is 2.81. The first-order valence-corrected chi connectivity index (χ1v) is 21.0. The van der Waals surface area contributed by atoms with Gasteiger partial charge in [0.2, 0.25) is 5.78 Å². The van der Waals surface area contributed by atoms with Crippen LogP contribution < -0.4 is 0 Å². The van der Waals surface area contributed by atoms with E-state index in [4.69, 9.17) is 19.0 Å². The second kappa shape index (κ2) is 15.8. The number of aliphatic carboxylic acids is 1. The van der Waals surface area contributed by atoms with Crippen LogP contribution in [0, 0.1) is 33.5 Å². The number of hydrogen-bond acceptors (Lipinski definition) is 8. The van der Waals surface area contributed by atoms with Gasteiger partial charge in [-0.2, -0.15) is 0 Å². The van der Waals surface area contributed by atoms with Crippen molar-refractivity contribution in [2.24, 2.45) is 33.5 Å². The van der Waals surface area contributed by atoms with Gasteiger partial charge in [0.25, 0.3) is 0 Å². The molecule has 9 heteroatoms. The smallest absolute Gasteiger partial charge is 0.303 e. The van der Waals surface area contributed by atoms with Crippen LogP contribution in [0.3, 0.4) is 0 Å². The van der Waals surface area contributed by atoms with Crippen molar-refractivity contribution < 1.29 is 43.3 Å². The largest absolute Gasteiger partial charge is 0.504 e. The minimum absolute atomic E-state index is 0.0453. The first-order valence-electron chi connectivity index (χ1n) is 21.0. The normalized spacial score (nSPS) is 36.4. The molecule has 0 radical (unpaired) electrons. The maximum atomic E-state index is 14.3. The van der Waals surface area contributed by atoms with E-state index in [-0.39, 0.29) is 23.6 Å². The molecule has 6 aliphatic rings. The zero-order valence-corrected chi connectivity index (χ0v) is 34.0. The molecular formula is C46H64O9. The number of esters is 1. The number of carbonyl (C=O) groups excluding carboxylic acids is 3. The van der Waals surface area contributed by atoms with Crippen molar-refractivity contribution in [1.82, 2.24) is 0 Å². The van der Waals surface area contributed by atoms with Crippen LogP contribution in [-0.4, -0.2) is 51.5 Å². The molecule has 2 saturated carbocycles. The topological polar surface area (TPSA) is 144 Å². The molecule has 2 N–H and O–H groups in total. The lowest BCUT2D eigenvalue weighted by Crippen LogP contribution is -2.70. The van der Waals surface area contributed by atoms with Crippen molar-refractivity contribution in [3.8, 4) is 0 Å². The van der Waals surface area contributed by atoms with Gasteiger partial charge in [-0.05, 0) is 94.4 Å². The average Bonchev–Trinajstić information content (AvgIpc) is 3.47. The number of aliphatic hydroxyl groups is 1. The third-order valence-electron chi connectivity index (χ3n) is 14.7. The molecule has 7 rings (SSSR count). The molecular weight excluding hydrogens is 696 g/mol. The predicted molar refractivity (Wildman–Crippen MR) is 209 cm³/mol. The molecule has 302 valence electrons. The molecule has 55 heavy (non-hydrogen) atoms. The fourth-order valence-electron chi connectivity index (χ4n) is 12.3. The van der Waals surface area contributed by atoms with Crippen molar-refractivity contribution in [1.29, 1.82) is 0 Å². The number of fused-ring (bicyclic) bond motifs is 3. The Kier molecular flexibility index (Phi) is 11.8. The van der Waals surface area contributed by atoms with Gasteiger partial charge in [-0.1, -0.05) is 89.9 Å². The number of carboxylic acid groups (broad SMARTS) is 1. The summed E-state index contributed by atoms with van der Waals surface area (Å²) < 4.78 is 17.9. The van der Waals surface area contributed by atoms with Crippen molar-refractivity contribution in [3.63, 3.8) is 0 Å². The van der Waals surface area contributed by atoms with Crippen LogP contribution in [-0.2, 0) is 28.7 Å². The Bertz CT molecular complexity index is 1700. The molecule has 1 spiro atoms. The van der Waals surface area contributed by atoms with E-state index in [1.54, 1.807) is 38.5 Å². The number of hydrogen-bond donors (Lipinski definition) is 2. The lowest BCUT2D eigenvalue weighted by Gasteiger charge is -2.64. The summed E-state index contributed by atoms with van der Waals surface area (Å²) in [5, 5.41) is 20.0. The number of ketones is 2. The maximum Gasteiger partial charge on any atom is 0.303 e. The van der Waals surface area contributed by atoms with Gasteiger partial charge in [0, 0.05) is 30.1 Å². The van der Waals surface area contributed by atoms with Gasteiger partial charge in [0.05, 0.1) is 29.5 Å². The number of aliphatic hydroxyl groups excluding tert-OH is 1. The van der Waals surface area contributed by atoms with E-state index in [9.17, 15) is 24.3 Å². The molecule has 9 nitrogen and oxygen atoms in total. The number of unbranched alkanes of at least 4 members (excludes halogenated alkanes) is 9. The zero-order valence-electron chi connectivity index (χ0n) is 34.0. The molecule has 1 aromatic heterocycles. The number of allylic oxidation sites excluding steroid dienone is 6. The number of epoxide rings is 1. The van der Waals surface area contributed by atoms with Crippen molar-refractivity contribution in [2.75, 3.05) is 0 Å². The number of rotatable bonds is 15. The summed E-state index contributed by atoms with van der Waals surface area (Å²) in [4.78, 5) is 49.9. The Balaban J connectivity index is 0.000000220. The number of furan rings is 1. The Labute approximate surface area is 327 Å². The van der Waals surface area contributed by atoms with Crippen LogP contribution in [0.15, 0.2) is 58.6 Å². The first kappa shape index (κ1) is 41.2. The molecule has 3 fully saturated rings. The van der Waals surface area contributed by atoms with Gasteiger partial charge < -0.3 is 24.1 Å². The molecule has 1 saturated heterocycles. The molecule has 2 heterocycles. The Morgan fingerprint density at radius 2 is 1.60 bits per heavy atom. The van der Waals surface area contributed by atoms with Crippen LogP contribution >= 0.6 is 0 Å². The molecule has 0 amide bonds. The second-order valence-electron chi connectivity index (χ2n) is 18.5. The van der Waals surface area contributed by atoms with Crippen molar-refractivity contribution >= 4 is 23.5 Å². The van der Waals surface area contributed by atoms with Crippen LogP contribution in [0.25, 0.3) is 0 Å². The Morgan fingerprint density at radius 1 is 0.945 bits per heavy atom. The Morgan fingerprint density at radius 3 is 2.18 bits per heavy atom. The van der Waals surface area contributed by atoms with Gasteiger partial charge >= 0.3 is 11.9 Å². The van der Waals surface area contributed by atoms with Gasteiger partial charge in [0.15, 0.2) is 11.5 Å². The third-order valence-corrected chi connectivity index (χ3v) is 14.7. The fourth-order valence-corrected chi connectivity index (χ4v) is 12.3. The molecule has 9 unspecified atom stereocenters. The summed E-state index contributed by atoms with van der Waals surface area (Å²) in [5.74, 6) is -1.60. The predicted octanol–water partition coefficient (Wildman–Crippen LogP) is 10.2. The average molecular weight is 761 g/mol. The van der Waals surface area contributed by atoms with E-state index in [2.05, 4.69) is 19.1 Å². The van der Waals surface area contributed by atoms with Crippen LogP contribution in [0.1, 0.15) is 156 Å². The van der Waals surface area contributed by atoms with E-state index in [0.717, 1.165) is 24.3 Å². The van der Waals surface area contributed by atoms with E-state index in [1.807, 2.05) is 19.9 Å². The van der Waals surface area contributed by atoms with Crippen molar-refractivity contribution in [2.45, 2.75) is 168 Å². The van der Waals surface area contributed by atoms with E-state index < -0.39 is 57.0 Å². The Hall–Kier alpha value is -3.46. The summed E-state index contributed by atoms with van der Waals surface area (Å²) in [6.07, 6.45) is 29.1. The summed E-state index contributed by atoms with van der Waals surface area (Å²) in [6, 6.07) is 1.95. The number of carbonyl (C=O) groups is 4. The maximum absolute atomic E-state index is 14.3. The lowest BCUT2D eigenvalue weighted by molar-refractivity contribution is -0.200. The number of ether oxygens (including phenoxy) is 2.